The molecule has 0 saturated carbocycles. The molecule has 1 aliphatic rings. The van der Waals surface area contributed by atoms with E-state index in [1.54, 1.807) is 16.3 Å². The van der Waals surface area contributed by atoms with Crippen molar-refractivity contribution in [1.82, 2.24) is 4.90 Å². The summed E-state index contributed by atoms with van der Waals surface area (Å²) < 4.78 is 0. The lowest BCUT2D eigenvalue weighted by molar-refractivity contribution is -0.131. The molecule has 6 heteroatoms. The fourth-order valence-corrected chi connectivity index (χ4v) is 3.05. The Balaban J connectivity index is 2.20. The fourth-order valence-electron chi connectivity index (χ4n) is 2.21. The largest absolute Gasteiger partial charge is 0.478 e. The minimum atomic E-state index is -1.04. The number of carbonyl (C=O) groups is 2. The fraction of sp³-hybridized carbons (Fsp3) is 0.385. The van der Waals surface area contributed by atoms with Crippen molar-refractivity contribution in [3.63, 3.8) is 0 Å². The monoisotopic (exact) mass is 281 g/mol. The number of carboxylic acids is 1. The Kier molecular flexibility index (Phi) is 4.34. The molecule has 1 aliphatic heterocycles. The summed E-state index contributed by atoms with van der Waals surface area (Å²) in [6.07, 6.45) is 4.15. The molecule has 1 unspecified atom stereocenters. The molecule has 1 atom stereocenters. The third kappa shape index (κ3) is 3.02. The highest BCUT2D eigenvalue weighted by Gasteiger charge is 2.30. The van der Waals surface area contributed by atoms with Gasteiger partial charge in [-0.3, -0.25) is 4.79 Å². The zero-order valence-corrected chi connectivity index (χ0v) is 11.1. The van der Waals surface area contributed by atoms with Crippen LogP contribution in [0.1, 0.15) is 28.1 Å². The van der Waals surface area contributed by atoms with Crippen LogP contribution in [0, 0.1) is 0 Å². The molecule has 0 aliphatic carbocycles. The van der Waals surface area contributed by atoms with Gasteiger partial charge in [-0.25, -0.2) is 4.79 Å². The first kappa shape index (κ1) is 13.8. The molecular formula is C13H15NO4S. The first-order valence-electron chi connectivity index (χ1n) is 6.04. The summed E-state index contributed by atoms with van der Waals surface area (Å²) in [5, 5.41) is 19.6. The number of hydrogen-bond acceptors (Lipinski definition) is 4. The highest BCUT2D eigenvalue weighted by atomic mass is 32.1. The molecule has 0 aromatic carbocycles. The van der Waals surface area contributed by atoms with E-state index in [0.29, 0.717) is 17.0 Å². The number of amides is 1. The van der Waals surface area contributed by atoms with E-state index in [9.17, 15) is 14.7 Å². The maximum atomic E-state index is 12.4. The third-order valence-corrected chi connectivity index (χ3v) is 4.06. The smallest absolute Gasteiger partial charge is 0.328 e. The van der Waals surface area contributed by atoms with Gasteiger partial charge in [0.15, 0.2) is 0 Å². The van der Waals surface area contributed by atoms with E-state index in [0.717, 1.165) is 18.9 Å². The SMILES string of the molecule is O=C(O)C=Cc1ccsc1C(=O)N1CCCC1CO. The summed E-state index contributed by atoms with van der Waals surface area (Å²) in [6.45, 7) is 0.613. The maximum Gasteiger partial charge on any atom is 0.328 e. The zero-order chi connectivity index (χ0) is 13.8. The molecular weight excluding hydrogens is 266 g/mol. The van der Waals surface area contributed by atoms with Crippen molar-refractivity contribution < 1.29 is 19.8 Å². The van der Waals surface area contributed by atoms with Gasteiger partial charge in [-0.2, -0.15) is 0 Å². The lowest BCUT2D eigenvalue weighted by atomic mass is 10.2. The highest BCUT2D eigenvalue weighted by Crippen LogP contribution is 2.25. The first-order chi connectivity index (χ1) is 9.13. The number of nitrogens with zero attached hydrogens (tertiary/aromatic N) is 1. The quantitative estimate of drug-likeness (QED) is 0.819. The molecule has 2 rings (SSSR count). The van der Waals surface area contributed by atoms with E-state index in [4.69, 9.17) is 5.11 Å². The Morgan fingerprint density at radius 3 is 3.00 bits per heavy atom. The summed E-state index contributed by atoms with van der Waals surface area (Å²) in [4.78, 5) is 25.1. The second-order valence-corrected chi connectivity index (χ2v) is 5.27. The van der Waals surface area contributed by atoms with Gasteiger partial charge in [0.2, 0.25) is 0 Å². The lowest BCUT2D eigenvalue weighted by Crippen LogP contribution is -2.37. The van der Waals surface area contributed by atoms with Gasteiger partial charge in [-0.15, -0.1) is 11.3 Å². The Morgan fingerprint density at radius 2 is 2.32 bits per heavy atom. The van der Waals surface area contributed by atoms with Gasteiger partial charge in [0.05, 0.1) is 17.5 Å². The number of likely N-dealkylation sites (tertiary alicyclic amines) is 1. The van der Waals surface area contributed by atoms with E-state index in [-0.39, 0.29) is 18.6 Å². The predicted octanol–water partition coefficient (Wildman–Crippen LogP) is 1.44. The first-order valence-corrected chi connectivity index (χ1v) is 6.91. The zero-order valence-electron chi connectivity index (χ0n) is 10.3. The van der Waals surface area contributed by atoms with Crippen LogP contribution in [0.5, 0.6) is 0 Å². The van der Waals surface area contributed by atoms with Crippen molar-refractivity contribution >= 4 is 29.3 Å². The van der Waals surface area contributed by atoms with Crippen LogP contribution in [0.3, 0.4) is 0 Å². The van der Waals surface area contributed by atoms with E-state index in [1.807, 2.05) is 0 Å². The number of hydrogen-bond donors (Lipinski definition) is 2. The molecule has 2 heterocycles. The molecule has 1 aromatic heterocycles. The van der Waals surface area contributed by atoms with Crippen LogP contribution in [0.2, 0.25) is 0 Å². The van der Waals surface area contributed by atoms with Crippen LogP contribution in [0.25, 0.3) is 6.08 Å². The minimum Gasteiger partial charge on any atom is -0.478 e. The van der Waals surface area contributed by atoms with Gasteiger partial charge >= 0.3 is 5.97 Å². The average Bonchev–Trinajstić information content (AvgIpc) is 3.03. The van der Waals surface area contributed by atoms with E-state index >= 15 is 0 Å². The second kappa shape index (κ2) is 5.99. The molecule has 1 saturated heterocycles. The average molecular weight is 281 g/mol. The van der Waals surface area contributed by atoms with Crippen molar-refractivity contribution in [2.45, 2.75) is 18.9 Å². The molecule has 2 N–H and O–H groups in total. The van der Waals surface area contributed by atoms with Crippen LogP contribution in [0.4, 0.5) is 0 Å². The standard InChI is InChI=1S/C13H15NO4S/c15-8-10-2-1-6-14(10)13(18)12-9(5-7-19-12)3-4-11(16)17/h3-5,7,10,15H,1-2,6,8H2,(H,16,17). The summed E-state index contributed by atoms with van der Waals surface area (Å²) in [7, 11) is 0. The lowest BCUT2D eigenvalue weighted by Gasteiger charge is -2.22. The number of carbonyl (C=O) groups excluding carboxylic acids is 1. The Morgan fingerprint density at radius 1 is 1.53 bits per heavy atom. The maximum absolute atomic E-state index is 12.4. The topological polar surface area (TPSA) is 77.8 Å². The van der Waals surface area contributed by atoms with E-state index in [1.165, 1.54) is 17.4 Å². The van der Waals surface area contributed by atoms with Crippen molar-refractivity contribution in [2.24, 2.45) is 0 Å². The van der Waals surface area contributed by atoms with Crippen LogP contribution in [-0.4, -0.2) is 46.2 Å². The molecule has 0 bridgehead atoms. The summed E-state index contributed by atoms with van der Waals surface area (Å²) in [5.41, 5.74) is 0.612. The molecule has 1 amide bonds. The van der Waals surface area contributed by atoms with Gasteiger partial charge in [0, 0.05) is 12.6 Å². The molecule has 102 valence electrons. The molecule has 5 nitrogen and oxygen atoms in total. The number of thiophene rings is 1. The highest BCUT2D eigenvalue weighted by molar-refractivity contribution is 7.12. The van der Waals surface area contributed by atoms with Crippen molar-refractivity contribution in [3.05, 3.63) is 28.0 Å². The Bertz CT molecular complexity index is 508. The second-order valence-electron chi connectivity index (χ2n) is 4.35. The van der Waals surface area contributed by atoms with Gasteiger partial charge in [0.25, 0.3) is 5.91 Å². The van der Waals surface area contributed by atoms with E-state index < -0.39 is 5.97 Å². The van der Waals surface area contributed by atoms with Crippen LogP contribution >= 0.6 is 11.3 Å². The summed E-state index contributed by atoms with van der Waals surface area (Å²) >= 11 is 1.29. The van der Waals surface area contributed by atoms with Crippen LogP contribution in [-0.2, 0) is 4.79 Å². The number of aliphatic hydroxyl groups is 1. The minimum absolute atomic E-state index is 0.0303. The molecule has 0 spiro atoms. The van der Waals surface area contributed by atoms with Crippen LogP contribution in [0.15, 0.2) is 17.5 Å². The number of aliphatic hydroxyl groups excluding tert-OH is 1. The molecule has 1 fully saturated rings. The van der Waals surface area contributed by atoms with Gasteiger partial charge in [0.1, 0.15) is 0 Å². The predicted molar refractivity (Wildman–Crippen MR) is 72.1 cm³/mol. The van der Waals surface area contributed by atoms with Gasteiger partial charge in [-0.05, 0) is 35.9 Å². The van der Waals surface area contributed by atoms with Crippen molar-refractivity contribution in [2.75, 3.05) is 13.2 Å². The number of rotatable bonds is 4. The third-order valence-electron chi connectivity index (χ3n) is 3.14. The van der Waals surface area contributed by atoms with E-state index in [2.05, 4.69) is 0 Å². The Hall–Kier alpha value is -1.66. The van der Waals surface area contributed by atoms with Gasteiger partial charge < -0.3 is 15.1 Å². The Labute approximate surface area is 114 Å². The number of carboxylic acid groups (broad SMARTS) is 1. The van der Waals surface area contributed by atoms with Crippen molar-refractivity contribution in [1.29, 1.82) is 0 Å². The number of aliphatic carboxylic acids is 1. The summed E-state index contributed by atoms with van der Waals surface area (Å²) in [6, 6.07) is 1.60. The molecule has 19 heavy (non-hydrogen) atoms. The van der Waals surface area contributed by atoms with Gasteiger partial charge in [-0.1, -0.05) is 0 Å². The van der Waals surface area contributed by atoms with Crippen molar-refractivity contribution in [3.8, 4) is 0 Å². The molecule has 0 radical (unpaired) electrons. The normalized spacial score (nSPS) is 19.2. The molecule has 1 aromatic rings. The summed E-state index contributed by atoms with van der Waals surface area (Å²) in [5.74, 6) is -1.17. The van der Waals surface area contributed by atoms with Crippen LogP contribution < -0.4 is 0 Å².